The van der Waals surface area contributed by atoms with Crippen molar-refractivity contribution in [3.63, 3.8) is 0 Å². The molecule has 0 aliphatic carbocycles. The molecule has 3 rings (SSSR count). The molecule has 1 N–H and O–H groups in total. The van der Waals surface area contributed by atoms with E-state index in [9.17, 15) is 4.79 Å². The van der Waals surface area contributed by atoms with Crippen LogP contribution >= 0.6 is 15.9 Å². The highest BCUT2D eigenvalue weighted by atomic mass is 79.9. The van der Waals surface area contributed by atoms with Gasteiger partial charge in [0.1, 0.15) is 12.3 Å². The average Bonchev–Trinajstić information content (AvgIpc) is 2.62. The molecule has 2 atom stereocenters. The Kier molecular flexibility index (Phi) is 6.17. The molecule has 2 saturated heterocycles. The summed E-state index contributed by atoms with van der Waals surface area (Å²) in [5.74, 6) is 1.54. The van der Waals surface area contributed by atoms with Gasteiger partial charge in [-0.25, -0.2) is 0 Å². The van der Waals surface area contributed by atoms with E-state index >= 15 is 0 Å². The lowest BCUT2D eigenvalue weighted by atomic mass is 9.95. The van der Waals surface area contributed by atoms with E-state index in [1.54, 1.807) is 7.11 Å². The molecule has 0 bridgehead atoms. The summed E-state index contributed by atoms with van der Waals surface area (Å²) in [5, 5.41) is 0. The van der Waals surface area contributed by atoms with Crippen molar-refractivity contribution in [3.05, 3.63) is 28.2 Å². The predicted molar refractivity (Wildman–Crippen MR) is 98.2 cm³/mol. The van der Waals surface area contributed by atoms with E-state index in [0.29, 0.717) is 5.91 Å². The van der Waals surface area contributed by atoms with Crippen LogP contribution in [0, 0.1) is 5.92 Å². The zero-order chi connectivity index (χ0) is 16.9. The van der Waals surface area contributed by atoms with Crippen molar-refractivity contribution in [2.75, 3.05) is 33.3 Å². The summed E-state index contributed by atoms with van der Waals surface area (Å²) >= 11 is 3.55. The van der Waals surface area contributed by atoms with Crippen molar-refractivity contribution in [2.24, 2.45) is 5.92 Å². The molecular weight excluding hydrogens is 368 g/mol. The number of halogens is 1. The van der Waals surface area contributed by atoms with Gasteiger partial charge in [-0.05, 0) is 50.3 Å². The van der Waals surface area contributed by atoms with Crippen LogP contribution in [-0.4, -0.2) is 44.1 Å². The smallest absolute Gasteiger partial charge is 0.231 e. The molecule has 2 aliphatic heterocycles. The lowest BCUT2D eigenvalue weighted by Crippen LogP contribution is -3.12. The van der Waals surface area contributed by atoms with E-state index in [0.717, 1.165) is 55.8 Å². The van der Waals surface area contributed by atoms with Crippen molar-refractivity contribution < 1.29 is 14.4 Å². The fraction of sp³-hybridized carbons (Fsp3) is 0.632. The molecule has 1 aromatic carbocycles. The van der Waals surface area contributed by atoms with Gasteiger partial charge in [0, 0.05) is 23.1 Å². The molecule has 0 aromatic heterocycles. The summed E-state index contributed by atoms with van der Waals surface area (Å²) in [6, 6.07) is 6.16. The standard InChI is InChI=1S/C19H27BrN2O2/c1-24-18-8-7-17(20)12-16(18)14-21-9-5-6-15(13-21)19(23)22-10-3-2-4-11-22/h7-8,12,15H,2-6,9-11,13-14H2,1H3/p+1. The lowest BCUT2D eigenvalue weighted by Gasteiger charge is -2.34. The van der Waals surface area contributed by atoms with Crippen molar-refractivity contribution in [1.82, 2.24) is 4.90 Å². The van der Waals surface area contributed by atoms with E-state index in [4.69, 9.17) is 4.74 Å². The van der Waals surface area contributed by atoms with Crippen LogP contribution in [0.15, 0.2) is 22.7 Å². The Balaban J connectivity index is 1.63. The third-order valence-corrected chi connectivity index (χ3v) is 5.81. The van der Waals surface area contributed by atoms with Gasteiger partial charge < -0.3 is 14.5 Å². The number of benzene rings is 1. The molecule has 132 valence electrons. The van der Waals surface area contributed by atoms with Gasteiger partial charge in [0.2, 0.25) is 5.91 Å². The van der Waals surface area contributed by atoms with Crippen LogP contribution in [0.4, 0.5) is 0 Å². The number of rotatable bonds is 4. The molecule has 1 aromatic rings. The number of hydrogen-bond acceptors (Lipinski definition) is 2. The van der Waals surface area contributed by atoms with E-state index in [1.807, 2.05) is 12.1 Å². The number of ether oxygens (including phenoxy) is 1. The largest absolute Gasteiger partial charge is 0.496 e. The fourth-order valence-electron chi connectivity index (χ4n) is 4.05. The van der Waals surface area contributed by atoms with Crippen LogP contribution in [0.1, 0.15) is 37.7 Å². The first-order valence-corrected chi connectivity index (χ1v) is 9.91. The molecular formula is C19H28BrN2O2+. The number of hydrogen-bond donors (Lipinski definition) is 1. The van der Waals surface area contributed by atoms with Crippen LogP contribution in [0.25, 0.3) is 0 Å². The number of amides is 1. The highest BCUT2D eigenvalue weighted by Gasteiger charge is 2.32. The Morgan fingerprint density at radius 2 is 2.08 bits per heavy atom. The molecule has 5 heteroatoms. The summed E-state index contributed by atoms with van der Waals surface area (Å²) in [5.41, 5.74) is 1.22. The number of piperidine rings is 2. The molecule has 24 heavy (non-hydrogen) atoms. The van der Waals surface area contributed by atoms with E-state index in [2.05, 4.69) is 26.9 Å². The first-order valence-electron chi connectivity index (χ1n) is 9.12. The second kappa shape index (κ2) is 8.34. The highest BCUT2D eigenvalue weighted by molar-refractivity contribution is 9.10. The number of nitrogens with zero attached hydrogens (tertiary/aromatic N) is 1. The van der Waals surface area contributed by atoms with Gasteiger partial charge in [-0.3, -0.25) is 4.79 Å². The summed E-state index contributed by atoms with van der Waals surface area (Å²) < 4.78 is 6.58. The van der Waals surface area contributed by atoms with Crippen molar-refractivity contribution in [1.29, 1.82) is 0 Å². The third kappa shape index (κ3) is 4.31. The lowest BCUT2D eigenvalue weighted by molar-refractivity contribution is -0.921. The molecule has 2 aliphatic rings. The molecule has 2 fully saturated rings. The molecule has 1 amide bonds. The average molecular weight is 396 g/mol. The normalized spacial score (nSPS) is 24.7. The van der Waals surface area contributed by atoms with Gasteiger partial charge >= 0.3 is 0 Å². The van der Waals surface area contributed by atoms with Gasteiger partial charge in [0.05, 0.1) is 26.1 Å². The molecule has 2 heterocycles. The summed E-state index contributed by atoms with van der Waals surface area (Å²) in [6.07, 6.45) is 5.80. The van der Waals surface area contributed by atoms with Crippen LogP contribution in [-0.2, 0) is 11.3 Å². The van der Waals surface area contributed by atoms with Gasteiger partial charge in [-0.2, -0.15) is 0 Å². The minimum absolute atomic E-state index is 0.199. The van der Waals surface area contributed by atoms with Crippen LogP contribution in [0.3, 0.4) is 0 Å². The first-order chi connectivity index (χ1) is 11.7. The Morgan fingerprint density at radius 1 is 1.29 bits per heavy atom. The van der Waals surface area contributed by atoms with Crippen molar-refractivity contribution in [3.8, 4) is 5.75 Å². The zero-order valence-corrected chi connectivity index (χ0v) is 16.1. The maximum atomic E-state index is 12.8. The second-order valence-corrected chi connectivity index (χ2v) is 7.98. The van der Waals surface area contributed by atoms with E-state index in [1.165, 1.54) is 29.7 Å². The number of carbonyl (C=O) groups excluding carboxylic acids is 1. The van der Waals surface area contributed by atoms with E-state index < -0.39 is 0 Å². The summed E-state index contributed by atoms with van der Waals surface area (Å²) in [6.45, 7) is 4.94. The fourth-order valence-corrected chi connectivity index (χ4v) is 4.46. The van der Waals surface area contributed by atoms with E-state index in [-0.39, 0.29) is 5.92 Å². The summed E-state index contributed by atoms with van der Waals surface area (Å²) in [7, 11) is 1.72. The number of quaternary nitrogens is 1. The minimum Gasteiger partial charge on any atom is -0.496 e. The van der Waals surface area contributed by atoms with Gasteiger partial charge in [-0.1, -0.05) is 15.9 Å². The topological polar surface area (TPSA) is 34.0 Å². The number of carbonyl (C=O) groups is 1. The maximum absolute atomic E-state index is 12.8. The summed E-state index contributed by atoms with van der Waals surface area (Å²) in [4.78, 5) is 16.4. The Hall–Kier alpha value is -1.07. The zero-order valence-electron chi connectivity index (χ0n) is 14.5. The molecule has 0 saturated carbocycles. The van der Waals surface area contributed by atoms with Crippen molar-refractivity contribution >= 4 is 21.8 Å². The quantitative estimate of drug-likeness (QED) is 0.848. The number of likely N-dealkylation sites (tertiary alicyclic amines) is 2. The third-order valence-electron chi connectivity index (χ3n) is 5.32. The monoisotopic (exact) mass is 395 g/mol. The number of methoxy groups -OCH3 is 1. The van der Waals surface area contributed by atoms with Gasteiger partial charge in [0.15, 0.2) is 0 Å². The van der Waals surface area contributed by atoms with Crippen LogP contribution < -0.4 is 9.64 Å². The molecule has 0 radical (unpaired) electrons. The van der Waals surface area contributed by atoms with Crippen LogP contribution in [0.5, 0.6) is 5.75 Å². The first kappa shape index (κ1) is 17.7. The molecule has 4 nitrogen and oxygen atoms in total. The van der Waals surface area contributed by atoms with Gasteiger partial charge in [0.25, 0.3) is 0 Å². The Morgan fingerprint density at radius 3 is 2.83 bits per heavy atom. The predicted octanol–water partition coefficient (Wildman–Crippen LogP) is 2.27. The maximum Gasteiger partial charge on any atom is 0.231 e. The minimum atomic E-state index is 0.199. The van der Waals surface area contributed by atoms with Crippen LogP contribution in [0.2, 0.25) is 0 Å². The molecule has 2 unspecified atom stereocenters. The Bertz CT molecular complexity index is 572. The molecule has 0 spiro atoms. The van der Waals surface area contributed by atoms with Gasteiger partial charge in [-0.15, -0.1) is 0 Å². The highest BCUT2D eigenvalue weighted by Crippen LogP contribution is 2.23. The second-order valence-electron chi connectivity index (χ2n) is 7.06. The SMILES string of the molecule is COc1ccc(Br)cc1C[NH+]1CCCC(C(=O)N2CCCCC2)C1. The van der Waals surface area contributed by atoms with Crippen molar-refractivity contribution in [2.45, 2.75) is 38.6 Å². The Labute approximate surface area is 153 Å². The number of nitrogens with one attached hydrogen (secondary N) is 1.